The van der Waals surface area contributed by atoms with Crippen molar-refractivity contribution in [3.8, 4) is 11.5 Å². The molecule has 1 unspecified atom stereocenters. The Morgan fingerprint density at radius 2 is 1.77 bits per heavy atom. The molecule has 0 spiro atoms. The summed E-state index contributed by atoms with van der Waals surface area (Å²) in [7, 11) is 1.74. The predicted octanol–water partition coefficient (Wildman–Crippen LogP) is 3.05. The summed E-state index contributed by atoms with van der Waals surface area (Å²) >= 11 is 0. The number of nitrogens with one attached hydrogen (secondary N) is 2. The lowest BCUT2D eigenvalue weighted by Gasteiger charge is -2.35. The lowest BCUT2D eigenvalue weighted by molar-refractivity contribution is 0.0170. The largest absolute Gasteiger partial charge is 0.490 e. The van der Waals surface area contributed by atoms with Gasteiger partial charge in [-0.15, -0.1) is 0 Å². The zero-order chi connectivity index (χ0) is 21.5. The van der Waals surface area contributed by atoms with Crippen LogP contribution in [0.25, 0.3) is 0 Å². The van der Waals surface area contributed by atoms with Gasteiger partial charge in [-0.3, -0.25) is 9.89 Å². The molecule has 7 nitrogen and oxygen atoms in total. The van der Waals surface area contributed by atoms with Gasteiger partial charge in [0.25, 0.3) is 0 Å². The van der Waals surface area contributed by atoms with Crippen LogP contribution in [0, 0.1) is 5.82 Å². The zero-order valence-corrected chi connectivity index (χ0v) is 17.8. The second kappa shape index (κ2) is 10.5. The van der Waals surface area contributed by atoms with Gasteiger partial charge in [0.15, 0.2) is 17.5 Å². The molecule has 1 atom stereocenters. The van der Waals surface area contributed by atoms with Crippen molar-refractivity contribution in [2.45, 2.75) is 12.5 Å². The molecule has 0 bridgehead atoms. The Bertz CT molecular complexity index is 885. The van der Waals surface area contributed by atoms with Crippen LogP contribution in [0.4, 0.5) is 10.1 Å². The number of hydrogen-bond donors (Lipinski definition) is 2. The van der Waals surface area contributed by atoms with Gasteiger partial charge in [-0.05, 0) is 29.8 Å². The Morgan fingerprint density at radius 1 is 1.03 bits per heavy atom. The van der Waals surface area contributed by atoms with E-state index in [4.69, 9.17) is 14.2 Å². The fourth-order valence-electron chi connectivity index (χ4n) is 3.78. The predicted molar refractivity (Wildman–Crippen MR) is 119 cm³/mol. The number of rotatable bonds is 5. The first-order valence-corrected chi connectivity index (χ1v) is 10.7. The summed E-state index contributed by atoms with van der Waals surface area (Å²) in [6, 6.07) is 12.6. The van der Waals surface area contributed by atoms with E-state index in [1.54, 1.807) is 7.05 Å². The number of anilines is 1. The Kier molecular flexibility index (Phi) is 7.22. The van der Waals surface area contributed by atoms with Crippen LogP contribution in [-0.2, 0) is 4.74 Å². The molecule has 0 amide bonds. The maximum atomic E-state index is 13.5. The molecule has 2 aliphatic rings. The summed E-state index contributed by atoms with van der Waals surface area (Å²) in [5, 5.41) is 6.73. The average Bonchev–Trinajstić information content (AvgIpc) is 3.05. The van der Waals surface area contributed by atoms with Crippen LogP contribution in [0.5, 0.6) is 11.5 Å². The molecule has 1 saturated heterocycles. The maximum Gasteiger partial charge on any atom is 0.195 e. The Morgan fingerprint density at radius 3 is 2.52 bits per heavy atom. The van der Waals surface area contributed by atoms with Gasteiger partial charge < -0.3 is 24.8 Å². The van der Waals surface area contributed by atoms with Crippen LogP contribution < -0.4 is 20.1 Å². The number of halogens is 1. The van der Waals surface area contributed by atoms with Crippen LogP contribution in [0.1, 0.15) is 18.0 Å². The van der Waals surface area contributed by atoms with E-state index in [0.717, 1.165) is 42.3 Å². The number of ether oxygens (including phenoxy) is 3. The van der Waals surface area contributed by atoms with E-state index in [1.807, 2.05) is 30.3 Å². The molecule has 31 heavy (non-hydrogen) atoms. The highest BCUT2D eigenvalue weighted by atomic mass is 19.1. The van der Waals surface area contributed by atoms with Gasteiger partial charge in [0, 0.05) is 44.9 Å². The zero-order valence-electron chi connectivity index (χ0n) is 17.8. The van der Waals surface area contributed by atoms with E-state index < -0.39 is 0 Å². The number of morpholine rings is 1. The van der Waals surface area contributed by atoms with Crippen molar-refractivity contribution < 1.29 is 18.6 Å². The van der Waals surface area contributed by atoms with E-state index in [-0.39, 0.29) is 11.9 Å². The fourth-order valence-corrected chi connectivity index (χ4v) is 3.78. The van der Waals surface area contributed by atoms with Crippen LogP contribution in [0.2, 0.25) is 0 Å². The molecule has 2 aromatic carbocycles. The highest BCUT2D eigenvalue weighted by Crippen LogP contribution is 2.32. The van der Waals surface area contributed by atoms with Gasteiger partial charge in [0.2, 0.25) is 0 Å². The third-order valence-corrected chi connectivity index (χ3v) is 5.44. The lowest BCUT2D eigenvalue weighted by atomic mass is 10.0. The molecule has 1 fully saturated rings. The number of fused-ring (bicyclic) bond motifs is 1. The summed E-state index contributed by atoms with van der Waals surface area (Å²) in [5.74, 6) is 1.91. The molecule has 0 radical (unpaired) electrons. The van der Waals surface area contributed by atoms with Gasteiger partial charge >= 0.3 is 0 Å². The molecule has 8 heteroatoms. The Hall–Kier alpha value is -2.84. The van der Waals surface area contributed by atoms with E-state index in [1.165, 1.54) is 12.1 Å². The highest BCUT2D eigenvalue weighted by molar-refractivity contribution is 5.93. The minimum absolute atomic E-state index is 0.0758. The third-order valence-electron chi connectivity index (χ3n) is 5.44. The number of nitrogens with zero attached hydrogens (tertiary/aromatic N) is 2. The third kappa shape index (κ3) is 5.65. The first-order valence-electron chi connectivity index (χ1n) is 10.7. The van der Waals surface area contributed by atoms with E-state index in [2.05, 4.69) is 20.5 Å². The van der Waals surface area contributed by atoms with Crippen LogP contribution in [-0.4, -0.2) is 64.0 Å². The monoisotopic (exact) mass is 428 g/mol. The normalized spacial score (nSPS) is 18.2. The second-order valence-electron chi connectivity index (χ2n) is 7.51. The first kappa shape index (κ1) is 21.4. The molecule has 2 aromatic rings. The molecule has 0 aromatic heterocycles. The molecule has 0 saturated carbocycles. The molecular formula is C23H29FN4O3. The second-order valence-corrected chi connectivity index (χ2v) is 7.51. The minimum atomic E-state index is -0.232. The summed E-state index contributed by atoms with van der Waals surface area (Å²) in [6.45, 7) is 4.98. The first-order chi connectivity index (χ1) is 15.2. The topological polar surface area (TPSA) is 67.4 Å². The van der Waals surface area contributed by atoms with Crippen molar-refractivity contribution in [3.05, 3.63) is 53.8 Å². The average molecular weight is 429 g/mol. The quantitative estimate of drug-likeness (QED) is 0.564. The minimum Gasteiger partial charge on any atom is -0.490 e. The van der Waals surface area contributed by atoms with Crippen molar-refractivity contribution in [2.24, 2.45) is 4.99 Å². The standard InChI is InChI=1S/C23H29FN4O3/c1-25-23(27-19-7-8-21-22(15-19)31-12-2-11-30-21)26-16-20(28-9-13-29-14-10-28)17-3-5-18(24)6-4-17/h3-8,15,20H,2,9-14,16H2,1H3,(H2,25,26,27). The number of aliphatic imine (C=N–C) groups is 1. The van der Waals surface area contributed by atoms with Gasteiger partial charge in [-0.1, -0.05) is 12.1 Å². The Balaban J connectivity index is 1.44. The molecule has 0 aliphatic carbocycles. The van der Waals surface area contributed by atoms with E-state index >= 15 is 0 Å². The SMILES string of the molecule is CN=C(NCC(c1ccc(F)cc1)N1CCOCC1)Nc1ccc2c(c1)OCCCO2. The van der Waals surface area contributed by atoms with Gasteiger partial charge in [0.05, 0.1) is 32.5 Å². The van der Waals surface area contributed by atoms with Gasteiger partial charge in [-0.2, -0.15) is 0 Å². The molecule has 2 N–H and O–H groups in total. The van der Waals surface area contributed by atoms with Crippen molar-refractivity contribution >= 4 is 11.6 Å². The lowest BCUT2D eigenvalue weighted by Crippen LogP contribution is -2.44. The van der Waals surface area contributed by atoms with Crippen LogP contribution in [0.3, 0.4) is 0 Å². The van der Waals surface area contributed by atoms with Crippen molar-refractivity contribution in [1.29, 1.82) is 0 Å². The van der Waals surface area contributed by atoms with Crippen molar-refractivity contribution in [3.63, 3.8) is 0 Å². The number of guanidine groups is 1. The summed E-state index contributed by atoms with van der Waals surface area (Å²) in [5.41, 5.74) is 1.92. The smallest absolute Gasteiger partial charge is 0.195 e. The number of benzene rings is 2. The molecule has 2 aliphatic heterocycles. The van der Waals surface area contributed by atoms with E-state index in [0.29, 0.717) is 38.9 Å². The highest BCUT2D eigenvalue weighted by Gasteiger charge is 2.23. The van der Waals surface area contributed by atoms with Crippen molar-refractivity contribution in [1.82, 2.24) is 10.2 Å². The van der Waals surface area contributed by atoms with Crippen molar-refractivity contribution in [2.75, 3.05) is 58.4 Å². The maximum absolute atomic E-state index is 13.5. The summed E-state index contributed by atoms with van der Waals surface area (Å²) in [4.78, 5) is 6.71. The van der Waals surface area contributed by atoms with Gasteiger partial charge in [-0.25, -0.2) is 4.39 Å². The van der Waals surface area contributed by atoms with Crippen LogP contribution in [0.15, 0.2) is 47.5 Å². The Labute approximate surface area is 182 Å². The molecule has 4 rings (SSSR count). The van der Waals surface area contributed by atoms with Crippen LogP contribution >= 0.6 is 0 Å². The molecular weight excluding hydrogens is 399 g/mol. The summed E-state index contributed by atoms with van der Waals surface area (Å²) in [6.07, 6.45) is 0.868. The van der Waals surface area contributed by atoms with Gasteiger partial charge in [0.1, 0.15) is 5.82 Å². The summed E-state index contributed by atoms with van der Waals surface area (Å²) < 4.78 is 30.4. The molecule has 2 heterocycles. The number of hydrogen-bond acceptors (Lipinski definition) is 5. The van der Waals surface area contributed by atoms with E-state index in [9.17, 15) is 4.39 Å². The fraction of sp³-hybridized carbons (Fsp3) is 0.435. The molecule has 166 valence electrons.